The lowest BCUT2D eigenvalue weighted by Gasteiger charge is -2.33. The third kappa shape index (κ3) is 4.68. The summed E-state index contributed by atoms with van der Waals surface area (Å²) in [5, 5.41) is 2.85. The lowest BCUT2D eigenvalue weighted by atomic mass is 10.2. The number of hydrogen-bond acceptors (Lipinski definition) is 4. The summed E-state index contributed by atoms with van der Waals surface area (Å²) in [6, 6.07) is 3.68. The zero-order valence-electron chi connectivity index (χ0n) is 12.0. The monoisotopic (exact) mass is 312 g/mol. The van der Waals surface area contributed by atoms with E-state index in [4.69, 9.17) is 0 Å². The molecule has 1 N–H and O–H groups in total. The van der Waals surface area contributed by atoms with Gasteiger partial charge in [-0.05, 0) is 18.1 Å². The van der Waals surface area contributed by atoms with Crippen molar-refractivity contribution in [3.05, 3.63) is 30.1 Å². The number of carbonyl (C=O) groups is 1. The zero-order valence-corrected chi connectivity index (χ0v) is 12.8. The quantitative estimate of drug-likeness (QED) is 0.842. The Labute approximate surface area is 125 Å². The molecule has 0 unspecified atom stereocenters. The normalized spacial score (nSPS) is 16.7. The fourth-order valence-corrected chi connectivity index (χ4v) is 3.02. The Morgan fingerprint density at radius 2 is 2.05 bits per heavy atom. The molecule has 1 saturated heterocycles. The van der Waals surface area contributed by atoms with Gasteiger partial charge in [0.05, 0.1) is 6.26 Å². The Morgan fingerprint density at radius 1 is 1.33 bits per heavy atom. The first-order valence-electron chi connectivity index (χ1n) is 6.83. The average Bonchev–Trinajstić information content (AvgIpc) is 2.47. The predicted octanol–water partition coefficient (Wildman–Crippen LogP) is -0.0891. The summed E-state index contributed by atoms with van der Waals surface area (Å²) in [4.78, 5) is 17.6. The lowest BCUT2D eigenvalue weighted by Crippen LogP contribution is -2.53. The van der Waals surface area contributed by atoms with Gasteiger partial charge in [-0.3, -0.25) is 4.98 Å². The van der Waals surface area contributed by atoms with E-state index >= 15 is 0 Å². The van der Waals surface area contributed by atoms with Gasteiger partial charge >= 0.3 is 6.03 Å². The van der Waals surface area contributed by atoms with Crippen molar-refractivity contribution in [2.45, 2.75) is 6.42 Å². The van der Waals surface area contributed by atoms with Gasteiger partial charge in [-0.2, -0.15) is 4.31 Å². The van der Waals surface area contributed by atoms with Crippen LogP contribution in [-0.4, -0.2) is 67.6 Å². The van der Waals surface area contributed by atoms with E-state index in [0.29, 0.717) is 32.7 Å². The number of urea groups is 1. The first kappa shape index (κ1) is 15.7. The molecular weight excluding hydrogens is 292 g/mol. The number of aromatic nitrogens is 1. The topological polar surface area (TPSA) is 82.6 Å². The molecular formula is C13H20N4O3S. The van der Waals surface area contributed by atoms with Crippen molar-refractivity contribution in [1.82, 2.24) is 19.5 Å². The van der Waals surface area contributed by atoms with Gasteiger partial charge in [0, 0.05) is 45.1 Å². The second-order valence-electron chi connectivity index (χ2n) is 4.99. The van der Waals surface area contributed by atoms with Gasteiger partial charge in [-0.25, -0.2) is 13.2 Å². The van der Waals surface area contributed by atoms with Gasteiger partial charge in [-0.15, -0.1) is 0 Å². The summed E-state index contributed by atoms with van der Waals surface area (Å²) in [6.45, 7) is 2.10. The highest BCUT2D eigenvalue weighted by atomic mass is 32.2. The SMILES string of the molecule is CS(=O)(=O)N1CCN(C(=O)NCCc2cccnc2)CC1. The number of pyridine rings is 1. The number of hydrogen-bond donors (Lipinski definition) is 1. The van der Waals surface area contributed by atoms with E-state index in [0.717, 1.165) is 12.0 Å². The van der Waals surface area contributed by atoms with Crippen molar-refractivity contribution >= 4 is 16.1 Å². The largest absolute Gasteiger partial charge is 0.338 e. The van der Waals surface area contributed by atoms with Gasteiger partial charge in [0.2, 0.25) is 10.0 Å². The van der Waals surface area contributed by atoms with Gasteiger partial charge in [0.1, 0.15) is 0 Å². The van der Waals surface area contributed by atoms with Crippen molar-refractivity contribution in [2.75, 3.05) is 39.0 Å². The van der Waals surface area contributed by atoms with E-state index in [1.165, 1.54) is 10.6 Å². The molecule has 0 radical (unpaired) electrons. The minimum atomic E-state index is -3.16. The van der Waals surface area contributed by atoms with Crippen molar-refractivity contribution in [2.24, 2.45) is 0 Å². The van der Waals surface area contributed by atoms with Crippen LogP contribution in [0.5, 0.6) is 0 Å². The van der Waals surface area contributed by atoms with Crippen LogP contribution >= 0.6 is 0 Å². The van der Waals surface area contributed by atoms with Crippen LogP contribution in [0, 0.1) is 0 Å². The van der Waals surface area contributed by atoms with E-state index in [9.17, 15) is 13.2 Å². The van der Waals surface area contributed by atoms with Crippen molar-refractivity contribution in [3.8, 4) is 0 Å². The number of carbonyl (C=O) groups excluding carboxylic acids is 1. The van der Waals surface area contributed by atoms with Crippen molar-refractivity contribution in [1.29, 1.82) is 0 Å². The summed E-state index contributed by atoms with van der Waals surface area (Å²) in [7, 11) is -3.16. The molecule has 0 aromatic carbocycles. The Bertz CT molecular complexity index is 568. The predicted molar refractivity (Wildman–Crippen MR) is 79.3 cm³/mol. The summed E-state index contributed by atoms with van der Waals surface area (Å²) < 4.78 is 24.2. The highest BCUT2D eigenvalue weighted by Gasteiger charge is 2.25. The first-order chi connectivity index (χ1) is 9.97. The minimum absolute atomic E-state index is 0.146. The standard InChI is InChI=1S/C13H20N4O3S/c1-21(19,20)17-9-7-16(8-10-17)13(18)15-6-4-12-3-2-5-14-11-12/h2-3,5,11H,4,6-10H2,1H3,(H,15,18). The third-order valence-corrected chi connectivity index (χ3v) is 4.71. The maximum atomic E-state index is 12.0. The number of rotatable bonds is 4. The van der Waals surface area contributed by atoms with Crippen LogP contribution in [-0.2, 0) is 16.4 Å². The molecule has 1 aromatic heterocycles. The minimum Gasteiger partial charge on any atom is -0.338 e. The van der Waals surface area contributed by atoms with Crippen LogP contribution in [0.2, 0.25) is 0 Å². The molecule has 0 atom stereocenters. The van der Waals surface area contributed by atoms with E-state index < -0.39 is 10.0 Å². The fourth-order valence-electron chi connectivity index (χ4n) is 2.19. The van der Waals surface area contributed by atoms with Crippen LogP contribution in [0.15, 0.2) is 24.5 Å². The zero-order chi connectivity index (χ0) is 15.3. The summed E-state index contributed by atoms with van der Waals surface area (Å²) in [6.07, 6.45) is 5.40. The highest BCUT2D eigenvalue weighted by molar-refractivity contribution is 7.88. The number of sulfonamides is 1. The summed E-state index contributed by atoms with van der Waals surface area (Å²) in [5.41, 5.74) is 1.07. The fraction of sp³-hybridized carbons (Fsp3) is 0.538. The van der Waals surface area contributed by atoms with Gasteiger partial charge < -0.3 is 10.2 Å². The Kier molecular flexibility index (Phi) is 5.13. The molecule has 2 heterocycles. The number of amides is 2. The van der Waals surface area contributed by atoms with Crippen LogP contribution < -0.4 is 5.32 Å². The molecule has 8 heteroatoms. The summed E-state index contributed by atoms with van der Waals surface area (Å²) in [5.74, 6) is 0. The maximum Gasteiger partial charge on any atom is 0.317 e. The van der Waals surface area contributed by atoms with Gasteiger partial charge in [0.25, 0.3) is 0 Å². The van der Waals surface area contributed by atoms with Crippen LogP contribution in [0.3, 0.4) is 0 Å². The third-order valence-electron chi connectivity index (χ3n) is 3.41. The lowest BCUT2D eigenvalue weighted by molar-refractivity contribution is 0.172. The smallest absolute Gasteiger partial charge is 0.317 e. The molecule has 2 rings (SSSR count). The van der Waals surface area contributed by atoms with E-state index in [-0.39, 0.29) is 6.03 Å². The first-order valence-corrected chi connectivity index (χ1v) is 8.68. The van der Waals surface area contributed by atoms with E-state index in [1.807, 2.05) is 12.1 Å². The average molecular weight is 312 g/mol. The Balaban J connectivity index is 1.73. The molecule has 21 heavy (non-hydrogen) atoms. The molecule has 1 aliphatic heterocycles. The number of nitrogens with zero attached hydrogens (tertiary/aromatic N) is 3. The van der Waals surface area contributed by atoms with Gasteiger partial charge in [-0.1, -0.05) is 6.07 Å². The number of nitrogens with one attached hydrogen (secondary N) is 1. The van der Waals surface area contributed by atoms with Crippen molar-refractivity contribution in [3.63, 3.8) is 0 Å². The van der Waals surface area contributed by atoms with Crippen LogP contribution in [0.4, 0.5) is 4.79 Å². The molecule has 2 amide bonds. The number of piperazine rings is 1. The second-order valence-corrected chi connectivity index (χ2v) is 6.97. The molecule has 0 bridgehead atoms. The van der Waals surface area contributed by atoms with E-state index in [2.05, 4.69) is 10.3 Å². The summed E-state index contributed by atoms with van der Waals surface area (Å²) >= 11 is 0. The molecule has 0 aliphatic carbocycles. The van der Waals surface area contributed by atoms with Crippen LogP contribution in [0.25, 0.3) is 0 Å². The maximum absolute atomic E-state index is 12.0. The van der Waals surface area contributed by atoms with Crippen LogP contribution in [0.1, 0.15) is 5.56 Å². The molecule has 0 spiro atoms. The highest BCUT2D eigenvalue weighted by Crippen LogP contribution is 2.06. The molecule has 1 aromatic rings. The second kappa shape index (κ2) is 6.86. The van der Waals surface area contributed by atoms with Crippen molar-refractivity contribution < 1.29 is 13.2 Å². The molecule has 1 fully saturated rings. The Morgan fingerprint density at radius 3 is 2.62 bits per heavy atom. The molecule has 1 aliphatic rings. The van der Waals surface area contributed by atoms with E-state index in [1.54, 1.807) is 17.3 Å². The molecule has 7 nitrogen and oxygen atoms in total. The van der Waals surface area contributed by atoms with Gasteiger partial charge in [0.15, 0.2) is 0 Å². The Hall–Kier alpha value is -1.67. The molecule has 0 saturated carbocycles. The molecule has 116 valence electrons.